The summed E-state index contributed by atoms with van der Waals surface area (Å²) in [5, 5.41) is 4.27. The highest BCUT2D eigenvalue weighted by Crippen LogP contribution is 2.32. The summed E-state index contributed by atoms with van der Waals surface area (Å²) < 4.78 is 1.15. The van der Waals surface area contributed by atoms with Gasteiger partial charge in [0, 0.05) is 22.4 Å². The molecule has 0 saturated carbocycles. The molecule has 17 heavy (non-hydrogen) atoms. The SMILES string of the molecule is O=C1CC2CCCc3c(Br)cccc3C2=NN1. The summed E-state index contributed by atoms with van der Waals surface area (Å²) in [4.78, 5) is 11.4. The third-order valence-electron chi connectivity index (χ3n) is 3.49. The maximum Gasteiger partial charge on any atom is 0.240 e. The molecule has 4 heteroatoms. The van der Waals surface area contributed by atoms with Crippen molar-refractivity contribution in [1.82, 2.24) is 5.43 Å². The highest BCUT2D eigenvalue weighted by atomic mass is 79.9. The van der Waals surface area contributed by atoms with E-state index in [1.165, 1.54) is 11.1 Å². The Morgan fingerprint density at radius 1 is 1.41 bits per heavy atom. The molecule has 2 aliphatic rings. The van der Waals surface area contributed by atoms with Crippen molar-refractivity contribution >= 4 is 27.5 Å². The van der Waals surface area contributed by atoms with Crippen molar-refractivity contribution in [1.29, 1.82) is 0 Å². The first-order valence-electron chi connectivity index (χ1n) is 5.90. The highest BCUT2D eigenvalue weighted by Gasteiger charge is 2.29. The van der Waals surface area contributed by atoms with Gasteiger partial charge in [-0.25, -0.2) is 5.43 Å². The van der Waals surface area contributed by atoms with E-state index in [-0.39, 0.29) is 5.91 Å². The lowest BCUT2D eigenvalue weighted by Gasteiger charge is -2.21. The van der Waals surface area contributed by atoms with E-state index in [9.17, 15) is 4.79 Å². The standard InChI is InChI=1S/C13H13BrN2O/c14-11-6-2-5-10-9(11)4-1-3-8-7-12(17)15-16-13(8)10/h2,5-6,8H,1,3-4,7H2,(H,15,17). The number of nitrogens with zero attached hydrogens (tertiary/aromatic N) is 1. The number of nitrogens with one attached hydrogen (secondary N) is 1. The summed E-state index contributed by atoms with van der Waals surface area (Å²) in [6.45, 7) is 0. The molecule has 0 aromatic heterocycles. The van der Waals surface area contributed by atoms with Gasteiger partial charge >= 0.3 is 0 Å². The van der Waals surface area contributed by atoms with Crippen molar-refractivity contribution in [3.05, 3.63) is 33.8 Å². The summed E-state index contributed by atoms with van der Waals surface area (Å²) in [7, 11) is 0. The molecule has 0 fully saturated rings. The Morgan fingerprint density at radius 2 is 2.29 bits per heavy atom. The summed E-state index contributed by atoms with van der Waals surface area (Å²) in [5.41, 5.74) is 6.18. The van der Waals surface area contributed by atoms with Crippen LogP contribution >= 0.6 is 15.9 Å². The van der Waals surface area contributed by atoms with Gasteiger partial charge in [-0.3, -0.25) is 4.79 Å². The molecule has 3 nitrogen and oxygen atoms in total. The van der Waals surface area contributed by atoms with Crippen LogP contribution in [0.5, 0.6) is 0 Å². The number of rotatable bonds is 0. The zero-order chi connectivity index (χ0) is 11.8. The predicted octanol–water partition coefficient (Wildman–Crippen LogP) is 2.63. The molecule has 1 heterocycles. The van der Waals surface area contributed by atoms with Crippen LogP contribution in [0.2, 0.25) is 0 Å². The Morgan fingerprint density at radius 3 is 3.18 bits per heavy atom. The number of benzene rings is 1. The first kappa shape index (κ1) is 11.0. The second kappa shape index (κ2) is 4.26. The van der Waals surface area contributed by atoms with Crippen molar-refractivity contribution in [2.75, 3.05) is 0 Å². The normalized spacial score (nSPS) is 23.0. The van der Waals surface area contributed by atoms with Gasteiger partial charge < -0.3 is 0 Å². The lowest BCUT2D eigenvalue weighted by molar-refractivity contribution is -0.122. The van der Waals surface area contributed by atoms with E-state index in [2.05, 4.69) is 38.6 Å². The Kier molecular flexibility index (Phi) is 2.74. The van der Waals surface area contributed by atoms with Gasteiger partial charge in [-0.2, -0.15) is 5.10 Å². The molecule has 1 atom stereocenters. The number of amides is 1. The first-order valence-corrected chi connectivity index (χ1v) is 6.69. The zero-order valence-electron chi connectivity index (χ0n) is 9.37. The van der Waals surface area contributed by atoms with E-state index in [1.807, 2.05) is 6.07 Å². The molecule has 1 aliphatic heterocycles. The summed E-state index contributed by atoms with van der Waals surface area (Å²) in [6, 6.07) is 6.21. The maximum absolute atomic E-state index is 11.4. The number of hydrazone groups is 1. The fraction of sp³-hybridized carbons (Fsp3) is 0.385. The van der Waals surface area contributed by atoms with Crippen LogP contribution in [-0.4, -0.2) is 11.6 Å². The molecule has 1 N–H and O–H groups in total. The average molecular weight is 293 g/mol. The van der Waals surface area contributed by atoms with E-state index in [0.29, 0.717) is 12.3 Å². The molecule has 1 unspecified atom stereocenters. The van der Waals surface area contributed by atoms with Gasteiger partial charge in [-0.15, -0.1) is 0 Å². The van der Waals surface area contributed by atoms with Crippen molar-refractivity contribution in [3.63, 3.8) is 0 Å². The average Bonchev–Trinajstić information content (AvgIpc) is 2.49. The lowest BCUT2D eigenvalue weighted by Crippen LogP contribution is -2.33. The minimum absolute atomic E-state index is 0.0391. The number of fused-ring (bicyclic) bond motifs is 3. The Labute approximate surface area is 108 Å². The van der Waals surface area contributed by atoms with Gasteiger partial charge in [0.2, 0.25) is 5.91 Å². The summed E-state index contributed by atoms with van der Waals surface area (Å²) in [6.07, 6.45) is 3.80. The van der Waals surface area contributed by atoms with Crippen LogP contribution in [-0.2, 0) is 11.2 Å². The largest absolute Gasteiger partial charge is 0.273 e. The van der Waals surface area contributed by atoms with E-state index < -0.39 is 0 Å². The quantitative estimate of drug-likeness (QED) is 0.785. The van der Waals surface area contributed by atoms with Gasteiger partial charge in [-0.1, -0.05) is 28.1 Å². The number of hydrogen-bond donors (Lipinski definition) is 1. The predicted molar refractivity (Wildman–Crippen MR) is 69.9 cm³/mol. The van der Waals surface area contributed by atoms with Gasteiger partial charge in [0.25, 0.3) is 0 Å². The third kappa shape index (κ3) is 1.90. The van der Waals surface area contributed by atoms with Gasteiger partial charge in [0.15, 0.2) is 0 Å². The third-order valence-corrected chi connectivity index (χ3v) is 4.24. The van der Waals surface area contributed by atoms with Crippen LogP contribution in [0.4, 0.5) is 0 Å². The van der Waals surface area contributed by atoms with Crippen molar-refractivity contribution in [2.45, 2.75) is 25.7 Å². The van der Waals surface area contributed by atoms with Crippen molar-refractivity contribution in [3.8, 4) is 0 Å². The van der Waals surface area contributed by atoms with Crippen LogP contribution in [0.15, 0.2) is 27.8 Å². The molecule has 88 valence electrons. The molecule has 1 aromatic carbocycles. The van der Waals surface area contributed by atoms with Crippen LogP contribution in [0.25, 0.3) is 0 Å². The Hall–Kier alpha value is -1.16. The number of carbonyl (C=O) groups excluding carboxylic acids is 1. The number of carbonyl (C=O) groups is 1. The molecule has 0 spiro atoms. The number of hydrogen-bond acceptors (Lipinski definition) is 2. The lowest BCUT2D eigenvalue weighted by atomic mass is 9.90. The minimum atomic E-state index is 0.0391. The number of halogens is 1. The van der Waals surface area contributed by atoms with E-state index in [0.717, 1.165) is 29.4 Å². The molecule has 0 bridgehead atoms. The molecular weight excluding hydrogens is 280 g/mol. The molecule has 0 radical (unpaired) electrons. The summed E-state index contributed by atoms with van der Waals surface area (Å²) >= 11 is 3.60. The molecule has 1 aromatic rings. The smallest absolute Gasteiger partial charge is 0.240 e. The van der Waals surface area contributed by atoms with Crippen LogP contribution in [0.1, 0.15) is 30.4 Å². The van der Waals surface area contributed by atoms with Crippen LogP contribution < -0.4 is 5.43 Å². The Balaban J connectivity index is 2.13. The van der Waals surface area contributed by atoms with Crippen molar-refractivity contribution < 1.29 is 4.79 Å². The Bertz CT molecular complexity index is 510. The minimum Gasteiger partial charge on any atom is -0.273 e. The van der Waals surface area contributed by atoms with Gasteiger partial charge in [-0.05, 0) is 30.9 Å². The fourth-order valence-corrected chi connectivity index (χ4v) is 3.24. The van der Waals surface area contributed by atoms with Gasteiger partial charge in [0.05, 0.1) is 5.71 Å². The molecule has 1 amide bonds. The molecular formula is C13H13BrN2O. The second-order valence-electron chi connectivity index (χ2n) is 4.59. The topological polar surface area (TPSA) is 41.5 Å². The van der Waals surface area contributed by atoms with E-state index in [1.54, 1.807) is 0 Å². The molecule has 1 aliphatic carbocycles. The zero-order valence-corrected chi connectivity index (χ0v) is 11.0. The first-order chi connectivity index (χ1) is 8.25. The fourth-order valence-electron chi connectivity index (χ4n) is 2.68. The van der Waals surface area contributed by atoms with Crippen molar-refractivity contribution in [2.24, 2.45) is 11.0 Å². The van der Waals surface area contributed by atoms with Crippen LogP contribution in [0, 0.1) is 5.92 Å². The second-order valence-corrected chi connectivity index (χ2v) is 5.45. The highest BCUT2D eigenvalue weighted by molar-refractivity contribution is 9.10. The summed E-state index contributed by atoms with van der Waals surface area (Å²) in [5.74, 6) is 0.330. The van der Waals surface area contributed by atoms with E-state index in [4.69, 9.17) is 0 Å². The van der Waals surface area contributed by atoms with E-state index >= 15 is 0 Å². The monoisotopic (exact) mass is 292 g/mol. The maximum atomic E-state index is 11.4. The molecule has 3 rings (SSSR count). The molecule has 0 saturated heterocycles. The van der Waals surface area contributed by atoms with Crippen LogP contribution in [0.3, 0.4) is 0 Å². The van der Waals surface area contributed by atoms with Gasteiger partial charge in [0.1, 0.15) is 0 Å².